The highest BCUT2D eigenvalue weighted by Gasteiger charge is 2.36. The lowest BCUT2D eigenvalue weighted by molar-refractivity contribution is 0.0732. The van der Waals surface area contributed by atoms with Crippen molar-refractivity contribution in [1.82, 2.24) is 10.3 Å². The Balaban J connectivity index is 1.36. The molecule has 0 aromatic heterocycles. The van der Waals surface area contributed by atoms with Crippen molar-refractivity contribution in [3.05, 3.63) is 59.7 Å². The van der Waals surface area contributed by atoms with E-state index >= 15 is 0 Å². The molecule has 1 aliphatic carbocycles. The van der Waals surface area contributed by atoms with Gasteiger partial charge in [0, 0.05) is 31.0 Å². The van der Waals surface area contributed by atoms with Crippen molar-refractivity contribution in [3.63, 3.8) is 0 Å². The van der Waals surface area contributed by atoms with E-state index < -0.39 is 0 Å². The fourth-order valence-corrected chi connectivity index (χ4v) is 4.35. The number of nitrogens with one attached hydrogen (secondary N) is 1. The summed E-state index contributed by atoms with van der Waals surface area (Å²) in [7, 11) is 1.89. The Morgan fingerprint density at radius 3 is 2.48 bits per heavy atom. The molecule has 2 aromatic rings. The number of hydrogen-bond donors (Lipinski definition) is 1. The number of carbonyl (C=O) groups excluding carboxylic acids is 1. The van der Waals surface area contributed by atoms with Crippen LogP contribution in [0, 0.1) is 17.2 Å². The van der Waals surface area contributed by atoms with Crippen LogP contribution in [0.25, 0.3) is 11.1 Å². The molecule has 1 amide bonds. The van der Waals surface area contributed by atoms with Crippen molar-refractivity contribution in [3.8, 4) is 17.2 Å². The van der Waals surface area contributed by atoms with Crippen LogP contribution in [0.2, 0.25) is 0 Å². The molecule has 0 radical (unpaired) electrons. The number of hydrogen-bond acceptors (Lipinski definition) is 5. The Kier molecular flexibility index (Phi) is 6.22. The molecule has 1 heterocycles. The molecule has 0 bridgehead atoms. The molecular formula is C25H28N4O2. The zero-order valence-electron chi connectivity index (χ0n) is 18.0. The third-order valence-electron chi connectivity index (χ3n) is 6.23. The largest absolute Gasteiger partial charge is 0.454 e. The minimum absolute atomic E-state index is 0.00645. The fourth-order valence-electron chi connectivity index (χ4n) is 4.35. The van der Waals surface area contributed by atoms with Crippen LogP contribution >= 0.6 is 0 Å². The Morgan fingerprint density at radius 1 is 1.16 bits per heavy atom. The number of amides is 1. The molecule has 1 fully saturated rings. The third kappa shape index (κ3) is 4.56. The van der Waals surface area contributed by atoms with Crippen LogP contribution in [0.3, 0.4) is 0 Å². The maximum Gasteiger partial charge on any atom is 0.253 e. The Bertz CT molecular complexity index is 992. The quantitative estimate of drug-likeness (QED) is 0.751. The van der Waals surface area contributed by atoms with Gasteiger partial charge < -0.3 is 9.64 Å². The summed E-state index contributed by atoms with van der Waals surface area (Å²) in [6, 6.07) is 17.4. The second kappa shape index (κ2) is 9.22. The topological polar surface area (TPSA) is 77.7 Å². The van der Waals surface area contributed by atoms with Gasteiger partial charge in [-0.3, -0.25) is 10.2 Å². The first-order valence-corrected chi connectivity index (χ1v) is 11.0. The summed E-state index contributed by atoms with van der Waals surface area (Å²) < 4.78 is 5.95. The second-order valence-corrected chi connectivity index (χ2v) is 8.32. The van der Waals surface area contributed by atoms with Gasteiger partial charge in [0.25, 0.3) is 5.91 Å². The monoisotopic (exact) mass is 416 g/mol. The van der Waals surface area contributed by atoms with Crippen molar-refractivity contribution in [2.45, 2.75) is 51.3 Å². The number of benzene rings is 2. The first kappa shape index (κ1) is 20.9. The van der Waals surface area contributed by atoms with Crippen LogP contribution in [0.1, 0.15) is 54.9 Å². The van der Waals surface area contributed by atoms with Gasteiger partial charge in [-0.05, 0) is 54.7 Å². The zero-order chi connectivity index (χ0) is 21.8. The van der Waals surface area contributed by atoms with E-state index in [-0.39, 0.29) is 24.1 Å². The molecule has 1 saturated carbocycles. The van der Waals surface area contributed by atoms with Gasteiger partial charge in [0.1, 0.15) is 0 Å². The molecule has 6 nitrogen and oxygen atoms in total. The first-order valence-electron chi connectivity index (χ1n) is 11.0. The van der Waals surface area contributed by atoms with Crippen molar-refractivity contribution in [2.75, 3.05) is 7.05 Å². The maximum atomic E-state index is 13.0. The van der Waals surface area contributed by atoms with Gasteiger partial charge in [0.05, 0.1) is 11.6 Å². The average molecular weight is 417 g/mol. The van der Waals surface area contributed by atoms with Crippen LogP contribution < -0.4 is 5.43 Å². The van der Waals surface area contributed by atoms with Crippen molar-refractivity contribution in [2.24, 2.45) is 11.0 Å². The lowest BCUT2D eigenvalue weighted by Crippen LogP contribution is -2.35. The number of ether oxygens (including phenoxy) is 1. The van der Waals surface area contributed by atoms with E-state index in [0.29, 0.717) is 11.1 Å². The number of carbonyl (C=O) groups is 1. The molecule has 2 aliphatic rings. The van der Waals surface area contributed by atoms with Gasteiger partial charge in [-0.25, -0.2) is 0 Å². The van der Waals surface area contributed by atoms with E-state index in [2.05, 4.69) is 23.5 Å². The second-order valence-electron chi connectivity index (χ2n) is 8.32. The normalized spacial score (nSPS) is 22.2. The zero-order valence-corrected chi connectivity index (χ0v) is 18.0. The summed E-state index contributed by atoms with van der Waals surface area (Å²) in [6.07, 6.45) is 4.81. The van der Waals surface area contributed by atoms with Crippen LogP contribution in [-0.2, 0) is 4.74 Å². The minimum atomic E-state index is -0.00645. The highest BCUT2D eigenvalue weighted by molar-refractivity contribution is 5.95. The maximum absolute atomic E-state index is 13.0. The molecule has 0 spiro atoms. The van der Waals surface area contributed by atoms with Crippen molar-refractivity contribution >= 4 is 11.8 Å². The van der Waals surface area contributed by atoms with E-state index in [4.69, 9.17) is 10.00 Å². The molecule has 3 unspecified atom stereocenters. The summed E-state index contributed by atoms with van der Waals surface area (Å²) in [5.74, 6) is 1.11. The molecule has 1 N–H and O–H groups in total. The Hall–Kier alpha value is -3.33. The predicted molar refractivity (Wildman–Crippen MR) is 120 cm³/mol. The number of hydrazone groups is 1. The molecule has 6 heteroatoms. The summed E-state index contributed by atoms with van der Waals surface area (Å²) in [6.45, 7) is 2.13. The molecule has 0 saturated heterocycles. The average Bonchev–Trinajstić information content (AvgIpc) is 3.48. The summed E-state index contributed by atoms with van der Waals surface area (Å²) in [5.41, 5.74) is 6.44. The van der Waals surface area contributed by atoms with Crippen LogP contribution in [-0.4, -0.2) is 36.0 Å². The van der Waals surface area contributed by atoms with Gasteiger partial charge in [-0.1, -0.05) is 37.6 Å². The molecule has 160 valence electrons. The van der Waals surface area contributed by atoms with Gasteiger partial charge in [0.15, 0.2) is 6.23 Å². The summed E-state index contributed by atoms with van der Waals surface area (Å²) in [4.78, 5) is 14.9. The molecule has 31 heavy (non-hydrogen) atoms. The van der Waals surface area contributed by atoms with Gasteiger partial charge in [0.2, 0.25) is 5.90 Å². The first-order chi connectivity index (χ1) is 15.1. The lowest BCUT2D eigenvalue weighted by atomic mass is 10.0. The predicted octanol–water partition coefficient (Wildman–Crippen LogP) is 4.53. The smallest absolute Gasteiger partial charge is 0.253 e. The van der Waals surface area contributed by atoms with E-state index in [1.54, 1.807) is 12.1 Å². The van der Waals surface area contributed by atoms with Crippen LogP contribution in [0.15, 0.2) is 53.6 Å². The molecule has 4 rings (SSSR count). The molecule has 2 aromatic carbocycles. The summed E-state index contributed by atoms with van der Waals surface area (Å²) >= 11 is 0. The highest BCUT2D eigenvalue weighted by atomic mass is 16.5. The van der Waals surface area contributed by atoms with Crippen LogP contribution in [0.5, 0.6) is 0 Å². The Labute approximate surface area is 183 Å². The molecule has 1 aliphatic heterocycles. The lowest BCUT2D eigenvalue weighted by Gasteiger charge is -2.25. The number of nitriles is 1. The third-order valence-corrected chi connectivity index (χ3v) is 6.23. The minimum Gasteiger partial charge on any atom is -0.454 e. The van der Waals surface area contributed by atoms with E-state index in [0.717, 1.165) is 49.1 Å². The van der Waals surface area contributed by atoms with Gasteiger partial charge in [-0.15, -0.1) is 5.10 Å². The fraction of sp³-hybridized carbons (Fsp3) is 0.400. The van der Waals surface area contributed by atoms with Gasteiger partial charge >= 0.3 is 0 Å². The number of nitrogens with zero attached hydrogens (tertiary/aromatic N) is 3. The number of rotatable bonds is 6. The standard InChI is InChI=1S/C25H28N4O2/c1-3-4-23-27-28-24(31-23)21-13-14-22(15-21)29(2)25(30)20-11-9-19(10-12-20)18-7-5-17(16-26)6-8-18/h5-12,21-23,27H,3-4,13-15H2,1-2H3. The van der Waals surface area contributed by atoms with Crippen molar-refractivity contribution in [1.29, 1.82) is 5.26 Å². The molecule has 3 atom stereocenters. The van der Waals surface area contributed by atoms with Crippen LogP contribution in [0.4, 0.5) is 0 Å². The van der Waals surface area contributed by atoms with E-state index in [1.807, 2.05) is 48.3 Å². The molecular weight excluding hydrogens is 388 g/mol. The Morgan fingerprint density at radius 2 is 1.84 bits per heavy atom. The highest BCUT2D eigenvalue weighted by Crippen LogP contribution is 2.32. The van der Waals surface area contributed by atoms with Gasteiger partial charge in [-0.2, -0.15) is 5.26 Å². The summed E-state index contributed by atoms with van der Waals surface area (Å²) in [5, 5.41) is 13.3. The SMILES string of the molecule is CCCC1NN=C(C2CCC(N(C)C(=O)c3ccc(-c4ccc(C#N)cc4)cc3)C2)O1. The van der Waals surface area contributed by atoms with E-state index in [1.165, 1.54) is 0 Å². The van der Waals surface area contributed by atoms with Crippen molar-refractivity contribution < 1.29 is 9.53 Å². The van der Waals surface area contributed by atoms with E-state index in [9.17, 15) is 4.79 Å².